The second kappa shape index (κ2) is 6.02. The third-order valence-electron chi connectivity index (χ3n) is 2.38. The summed E-state index contributed by atoms with van der Waals surface area (Å²) in [5.74, 6) is -0.736. The third kappa shape index (κ3) is 3.21. The number of aliphatic hydroxyl groups is 1. The van der Waals surface area contributed by atoms with Crippen LogP contribution in [0.15, 0.2) is 18.2 Å². The van der Waals surface area contributed by atoms with Gasteiger partial charge in [-0.3, -0.25) is 9.59 Å². The number of carbonyl (C=O) groups excluding carboxylic acids is 2. The molecule has 0 spiro atoms. The van der Waals surface area contributed by atoms with Gasteiger partial charge >= 0.3 is 0 Å². The van der Waals surface area contributed by atoms with E-state index in [4.69, 9.17) is 15.6 Å². The number of carbonyl (C=O) groups is 2. The first-order chi connectivity index (χ1) is 8.49. The molecule has 0 fully saturated rings. The molecule has 6 nitrogen and oxygen atoms in total. The lowest BCUT2D eigenvalue weighted by atomic mass is 10.1. The van der Waals surface area contributed by atoms with E-state index in [2.05, 4.69) is 5.32 Å². The molecule has 6 heteroatoms. The van der Waals surface area contributed by atoms with Crippen LogP contribution in [0.25, 0.3) is 0 Å². The fraction of sp³-hybridized carbons (Fsp3) is 0.333. The molecule has 2 amide bonds. The second-order valence-corrected chi connectivity index (χ2v) is 3.84. The molecule has 1 atom stereocenters. The van der Waals surface area contributed by atoms with Crippen molar-refractivity contribution in [2.24, 2.45) is 5.73 Å². The third-order valence-corrected chi connectivity index (χ3v) is 2.38. The monoisotopic (exact) mass is 252 g/mol. The lowest BCUT2D eigenvalue weighted by molar-refractivity contribution is 0.0920. The molecule has 1 aromatic rings. The van der Waals surface area contributed by atoms with Crippen molar-refractivity contribution in [3.63, 3.8) is 0 Å². The highest BCUT2D eigenvalue weighted by atomic mass is 16.5. The molecule has 0 aliphatic heterocycles. The topological polar surface area (TPSA) is 102 Å². The van der Waals surface area contributed by atoms with Gasteiger partial charge in [0.25, 0.3) is 11.8 Å². The number of nitrogens with one attached hydrogen (secondary N) is 1. The van der Waals surface area contributed by atoms with Gasteiger partial charge in [0.1, 0.15) is 5.75 Å². The zero-order chi connectivity index (χ0) is 13.7. The molecule has 4 N–H and O–H groups in total. The van der Waals surface area contributed by atoms with Crippen LogP contribution in [0.3, 0.4) is 0 Å². The van der Waals surface area contributed by atoms with Crippen LogP contribution in [0.4, 0.5) is 0 Å². The Labute approximate surface area is 105 Å². The van der Waals surface area contributed by atoms with Crippen LogP contribution in [-0.4, -0.2) is 36.7 Å². The molecule has 0 bridgehead atoms. The van der Waals surface area contributed by atoms with Gasteiger partial charge in [0.15, 0.2) is 0 Å². The summed E-state index contributed by atoms with van der Waals surface area (Å²) in [6, 6.07) is 3.99. The molecular formula is C12H16N2O4. The quantitative estimate of drug-likeness (QED) is 0.681. The molecule has 0 aromatic heterocycles. The zero-order valence-electron chi connectivity index (χ0n) is 10.3. The largest absolute Gasteiger partial charge is 0.496 e. The molecule has 0 aliphatic rings. The van der Waals surface area contributed by atoms with Gasteiger partial charge in [0, 0.05) is 11.6 Å². The number of methoxy groups -OCH3 is 1. The maximum absolute atomic E-state index is 11.8. The van der Waals surface area contributed by atoms with Gasteiger partial charge in [0.05, 0.1) is 19.3 Å². The molecule has 1 rings (SSSR count). The highest BCUT2D eigenvalue weighted by Gasteiger charge is 2.14. The average Bonchev–Trinajstić information content (AvgIpc) is 2.37. The SMILES string of the molecule is COc1cc(C(=O)NC(C)CO)ccc1C(N)=O. The van der Waals surface area contributed by atoms with E-state index in [0.29, 0.717) is 5.56 Å². The molecule has 1 aromatic carbocycles. The number of nitrogens with two attached hydrogens (primary N) is 1. The summed E-state index contributed by atoms with van der Waals surface area (Å²) in [6.45, 7) is 1.52. The number of primary amides is 1. The molecule has 0 heterocycles. The Bertz CT molecular complexity index is 459. The minimum absolute atomic E-state index is 0.151. The Morgan fingerprint density at radius 1 is 1.50 bits per heavy atom. The van der Waals surface area contributed by atoms with E-state index in [1.807, 2.05) is 0 Å². The minimum Gasteiger partial charge on any atom is -0.496 e. The Morgan fingerprint density at radius 3 is 2.67 bits per heavy atom. The smallest absolute Gasteiger partial charge is 0.252 e. The lowest BCUT2D eigenvalue weighted by Gasteiger charge is -2.12. The maximum Gasteiger partial charge on any atom is 0.252 e. The highest BCUT2D eigenvalue weighted by molar-refractivity contribution is 5.99. The van der Waals surface area contributed by atoms with Gasteiger partial charge in [-0.2, -0.15) is 0 Å². The summed E-state index contributed by atoms with van der Waals surface area (Å²) < 4.78 is 5.00. The fourth-order valence-corrected chi connectivity index (χ4v) is 1.39. The van der Waals surface area contributed by atoms with Crippen LogP contribution in [-0.2, 0) is 0 Å². The maximum atomic E-state index is 11.8. The Balaban J connectivity index is 2.98. The van der Waals surface area contributed by atoms with E-state index < -0.39 is 5.91 Å². The average molecular weight is 252 g/mol. The molecule has 98 valence electrons. The summed E-state index contributed by atoms with van der Waals surface area (Å²) in [5, 5.41) is 11.4. The molecule has 0 radical (unpaired) electrons. The predicted octanol–water partition coefficient (Wildman–Crippen LogP) is -0.0953. The van der Waals surface area contributed by atoms with Crippen molar-refractivity contribution >= 4 is 11.8 Å². The van der Waals surface area contributed by atoms with Crippen LogP contribution in [0.2, 0.25) is 0 Å². The second-order valence-electron chi connectivity index (χ2n) is 3.84. The van der Waals surface area contributed by atoms with E-state index in [1.54, 1.807) is 6.92 Å². The molecule has 18 heavy (non-hydrogen) atoms. The summed E-state index contributed by atoms with van der Waals surface area (Å²) in [4.78, 5) is 22.9. The van der Waals surface area contributed by atoms with Crippen LogP contribution < -0.4 is 15.8 Å². The highest BCUT2D eigenvalue weighted by Crippen LogP contribution is 2.19. The molecule has 1 unspecified atom stereocenters. The van der Waals surface area contributed by atoms with Crippen LogP contribution in [0.1, 0.15) is 27.6 Å². The van der Waals surface area contributed by atoms with E-state index >= 15 is 0 Å². The van der Waals surface area contributed by atoms with Gasteiger partial charge in [0.2, 0.25) is 0 Å². The number of amides is 2. The fourth-order valence-electron chi connectivity index (χ4n) is 1.39. The standard InChI is InChI=1S/C12H16N2O4/c1-7(6-15)14-12(17)8-3-4-9(11(13)16)10(5-8)18-2/h3-5,7,15H,6H2,1-2H3,(H2,13,16)(H,14,17). The number of rotatable bonds is 5. The number of hydrogen-bond donors (Lipinski definition) is 3. The van der Waals surface area contributed by atoms with Crippen molar-refractivity contribution in [1.82, 2.24) is 5.32 Å². The van der Waals surface area contributed by atoms with Crippen molar-refractivity contribution < 1.29 is 19.4 Å². The number of ether oxygens (including phenoxy) is 1. The molecular weight excluding hydrogens is 236 g/mol. The van der Waals surface area contributed by atoms with Crippen molar-refractivity contribution in [3.8, 4) is 5.75 Å². The van der Waals surface area contributed by atoms with Crippen molar-refractivity contribution in [2.45, 2.75) is 13.0 Å². The summed E-state index contributed by atoms with van der Waals surface area (Å²) in [6.07, 6.45) is 0. The number of hydrogen-bond acceptors (Lipinski definition) is 4. The van der Waals surface area contributed by atoms with Crippen molar-refractivity contribution in [3.05, 3.63) is 29.3 Å². The zero-order valence-corrected chi connectivity index (χ0v) is 10.3. The van der Waals surface area contributed by atoms with Gasteiger partial charge in [-0.25, -0.2) is 0 Å². The predicted molar refractivity (Wildman–Crippen MR) is 65.5 cm³/mol. The Hall–Kier alpha value is -2.08. The summed E-state index contributed by atoms with van der Waals surface area (Å²) >= 11 is 0. The number of benzene rings is 1. The van der Waals surface area contributed by atoms with Gasteiger partial charge < -0.3 is 20.9 Å². The first-order valence-corrected chi connectivity index (χ1v) is 5.39. The van der Waals surface area contributed by atoms with Crippen LogP contribution >= 0.6 is 0 Å². The summed E-state index contributed by atoms with van der Waals surface area (Å²) in [5.41, 5.74) is 5.71. The van der Waals surface area contributed by atoms with E-state index in [0.717, 1.165) is 0 Å². The Kier molecular flexibility index (Phi) is 4.67. The van der Waals surface area contributed by atoms with Crippen LogP contribution in [0, 0.1) is 0 Å². The van der Waals surface area contributed by atoms with E-state index in [-0.39, 0.29) is 29.9 Å². The molecule has 0 saturated heterocycles. The molecule has 0 saturated carbocycles. The van der Waals surface area contributed by atoms with Crippen molar-refractivity contribution in [2.75, 3.05) is 13.7 Å². The minimum atomic E-state index is -0.623. The van der Waals surface area contributed by atoms with Gasteiger partial charge in [-0.15, -0.1) is 0 Å². The Morgan fingerprint density at radius 2 is 2.17 bits per heavy atom. The van der Waals surface area contributed by atoms with E-state index in [1.165, 1.54) is 25.3 Å². The van der Waals surface area contributed by atoms with Gasteiger partial charge in [-0.1, -0.05) is 0 Å². The number of aliphatic hydroxyl groups excluding tert-OH is 1. The lowest BCUT2D eigenvalue weighted by Crippen LogP contribution is -2.35. The first-order valence-electron chi connectivity index (χ1n) is 5.39. The van der Waals surface area contributed by atoms with Crippen molar-refractivity contribution in [1.29, 1.82) is 0 Å². The normalized spacial score (nSPS) is 11.7. The van der Waals surface area contributed by atoms with Crippen LogP contribution in [0.5, 0.6) is 5.75 Å². The van der Waals surface area contributed by atoms with E-state index in [9.17, 15) is 9.59 Å². The van der Waals surface area contributed by atoms with Gasteiger partial charge in [-0.05, 0) is 25.1 Å². The molecule has 0 aliphatic carbocycles. The summed E-state index contributed by atoms with van der Waals surface area (Å²) in [7, 11) is 1.39. The first kappa shape index (κ1) is 14.0.